The fourth-order valence-corrected chi connectivity index (χ4v) is 3.29. The summed E-state index contributed by atoms with van der Waals surface area (Å²) in [5, 5.41) is 16.8. The van der Waals surface area contributed by atoms with Crippen molar-refractivity contribution in [1.82, 2.24) is 9.38 Å². The largest absolute Gasteiger partial charge is 0.505 e. The van der Waals surface area contributed by atoms with E-state index in [9.17, 15) is 22.7 Å². The summed E-state index contributed by atoms with van der Waals surface area (Å²) in [6.45, 7) is 1.97. The van der Waals surface area contributed by atoms with Crippen LogP contribution in [0.2, 0.25) is 0 Å². The third-order valence-corrected chi connectivity index (χ3v) is 5.02. The topological polar surface area (TPSA) is 110 Å². The molecule has 172 valence electrons. The number of nitrogens with two attached hydrogens (primary N) is 1. The molecule has 1 aliphatic carbocycles. The van der Waals surface area contributed by atoms with Gasteiger partial charge in [0.25, 0.3) is 0 Å². The Balaban J connectivity index is 0.000000360. The number of alkyl halides is 3. The lowest BCUT2D eigenvalue weighted by atomic mass is 9.90. The van der Waals surface area contributed by atoms with Gasteiger partial charge in [0.15, 0.2) is 11.6 Å². The molecule has 7 nitrogen and oxygen atoms in total. The van der Waals surface area contributed by atoms with Crippen LogP contribution in [-0.2, 0) is 11.2 Å². The van der Waals surface area contributed by atoms with Gasteiger partial charge in [-0.25, -0.2) is 14.2 Å². The number of phenols is 1. The molecule has 3 aromatic rings. The quantitative estimate of drug-likeness (QED) is 0.515. The number of fused-ring (bicyclic) bond motifs is 1. The summed E-state index contributed by atoms with van der Waals surface area (Å²) in [6.07, 6.45) is 2.70. The molecule has 0 aliphatic heterocycles. The number of rotatable bonds is 4. The number of carbonyl (C=O) groups is 1. The van der Waals surface area contributed by atoms with E-state index >= 15 is 0 Å². The molecule has 1 aromatic carbocycles. The zero-order valence-corrected chi connectivity index (χ0v) is 16.9. The highest BCUT2D eigenvalue weighted by Crippen LogP contribution is 2.35. The first-order chi connectivity index (χ1) is 15.0. The van der Waals surface area contributed by atoms with Crippen molar-refractivity contribution in [3.63, 3.8) is 0 Å². The van der Waals surface area contributed by atoms with Crippen LogP contribution in [-0.4, -0.2) is 43.9 Å². The highest BCUT2D eigenvalue weighted by molar-refractivity contribution is 5.74. The van der Waals surface area contributed by atoms with Crippen LogP contribution in [0.3, 0.4) is 0 Å². The third-order valence-electron chi connectivity index (χ3n) is 5.02. The Hall–Kier alpha value is -3.34. The summed E-state index contributed by atoms with van der Waals surface area (Å²) >= 11 is 0. The van der Waals surface area contributed by atoms with Crippen molar-refractivity contribution in [2.24, 2.45) is 5.73 Å². The van der Waals surface area contributed by atoms with Crippen LogP contribution in [0.1, 0.15) is 25.3 Å². The standard InChI is InChI=1S/C19H20FN3O2.C2HF3O2/c1-2-11-3-18(24)16(20)7-15(11)12-4-19(25-14-5-13(21)6-14)17-8-22-10-23(17)9-12;3-2(4,5)1(6)7/h3-4,7-10,13-14,24H,2,5-6,21H2,1H3;(H,6,7). The van der Waals surface area contributed by atoms with Crippen molar-refractivity contribution in [3.05, 3.63) is 48.3 Å². The van der Waals surface area contributed by atoms with Crippen LogP contribution < -0.4 is 10.5 Å². The first-order valence-electron chi connectivity index (χ1n) is 9.69. The fourth-order valence-electron chi connectivity index (χ4n) is 3.29. The number of aliphatic carboxylic acids is 1. The van der Waals surface area contributed by atoms with Gasteiger partial charge in [-0.15, -0.1) is 0 Å². The number of hydrogen-bond donors (Lipinski definition) is 3. The average molecular weight is 455 g/mol. The molecule has 0 radical (unpaired) electrons. The number of pyridine rings is 1. The summed E-state index contributed by atoms with van der Waals surface area (Å²) in [5.41, 5.74) is 9.13. The van der Waals surface area contributed by atoms with Gasteiger partial charge in [-0.05, 0) is 48.6 Å². The minimum atomic E-state index is -5.08. The number of aromatic hydroxyl groups is 1. The number of imidazole rings is 1. The predicted octanol–water partition coefficient (Wildman–Crippen LogP) is 3.91. The molecule has 32 heavy (non-hydrogen) atoms. The molecule has 0 unspecified atom stereocenters. The van der Waals surface area contributed by atoms with Crippen LogP contribution in [0.4, 0.5) is 17.6 Å². The van der Waals surface area contributed by atoms with Gasteiger partial charge < -0.3 is 25.1 Å². The monoisotopic (exact) mass is 455 g/mol. The van der Waals surface area contributed by atoms with E-state index in [1.807, 2.05) is 23.6 Å². The van der Waals surface area contributed by atoms with Crippen molar-refractivity contribution < 1.29 is 37.3 Å². The molecule has 2 heterocycles. The summed E-state index contributed by atoms with van der Waals surface area (Å²) < 4.78 is 53.6. The van der Waals surface area contributed by atoms with Crippen molar-refractivity contribution >= 4 is 11.5 Å². The lowest BCUT2D eigenvalue weighted by Gasteiger charge is -2.32. The fraction of sp³-hybridized carbons (Fsp3) is 0.333. The number of carboxylic acids is 1. The van der Waals surface area contributed by atoms with Gasteiger partial charge in [0.2, 0.25) is 0 Å². The average Bonchev–Trinajstić information content (AvgIpc) is 3.17. The lowest BCUT2D eigenvalue weighted by molar-refractivity contribution is -0.192. The molecule has 4 N–H and O–H groups in total. The number of nitrogens with zero attached hydrogens (tertiary/aromatic N) is 2. The molecule has 0 amide bonds. The summed E-state index contributed by atoms with van der Waals surface area (Å²) in [5.74, 6) is -3.01. The zero-order valence-electron chi connectivity index (χ0n) is 16.9. The van der Waals surface area contributed by atoms with Crippen LogP contribution in [0.25, 0.3) is 16.6 Å². The van der Waals surface area contributed by atoms with E-state index in [2.05, 4.69) is 4.98 Å². The Labute approximate surface area is 180 Å². The molecule has 11 heteroatoms. The number of phenolic OH excluding ortho intramolecular Hbond substituents is 1. The molecule has 0 spiro atoms. The van der Waals surface area contributed by atoms with E-state index in [-0.39, 0.29) is 17.9 Å². The van der Waals surface area contributed by atoms with Crippen molar-refractivity contribution in [3.8, 4) is 22.6 Å². The minimum absolute atomic E-state index is 0.103. The Morgan fingerprint density at radius 2 is 1.97 bits per heavy atom. The third kappa shape index (κ3) is 5.10. The second-order valence-electron chi connectivity index (χ2n) is 7.37. The maximum Gasteiger partial charge on any atom is 0.490 e. The lowest BCUT2D eigenvalue weighted by Crippen LogP contribution is -2.43. The van der Waals surface area contributed by atoms with Gasteiger partial charge in [-0.3, -0.25) is 0 Å². The first kappa shape index (κ1) is 23.3. The maximum absolute atomic E-state index is 13.9. The molecule has 1 aliphatic rings. The number of aromatic nitrogens is 2. The second kappa shape index (κ2) is 9.03. The normalized spacial score (nSPS) is 17.9. The zero-order chi connectivity index (χ0) is 23.6. The van der Waals surface area contributed by atoms with E-state index in [1.54, 1.807) is 12.5 Å². The summed E-state index contributed by atoms with van der Waals surface area (Å²) in [4.78, 5) is 13.1. The van der Waals surface area contributed by atoms with E-state index < -0.39 is 18.0 Å². The minimum Gasteiger partial charge on any atom is -0.505 e. The SMILES string of the molecule is CCc1cc(O)c(F)cc1-c1cc(OC2CC(N)C2)c2cncn2c1.O=C(O)C(F)(F)F. The number of hydrogen-bond acceptors (Lipinski definition) is 5. The Morgan fingerprint density at radius 1 is 1.31 bits per heavy atom. The molecule has 0 atom stereocenters. The molecule has 0 bridgehead atoms. The van der Waals surface area contributed by atoms with E-state index in [1.165, 1.54) is 12.1 Å². The molecule has 4 rings (SSSR count). The number of aryl methyl sites for hydroxylation is 1. The van der Waals surface area contributed by atoms with Gasteiger partial charge in [-0.1, -0.05) is 6.92 Å². The van der Waals surface area contributed by atoms with Crippen LogP contribution in [0, 0.1) is 5.82 Å². The molecule has 1 fully saturated rings. The number of ether oxygens (including phenoxy) is 1. The van der Waals surface area contributed by atoms with Crippen LogP contribution >= 0.6 is 0 Å². The number of benzene rings is 1. The van der Waals surface area contributed by atoms with E-state index in [0.29, 0.717) is 12.2 Å². The van der Waals surface area contributed by atoms with Crippen molar-refractivity contribution in [1.29, 1.82) is 0 Å². The first-order valence-corrected chi connectivity index (χ1v) is 9.69. The number of halogens is 4. The summed E-state index contributed by atoms with van der Waals surface area (Å²) in [7, 11) is 0. The van der Waals surface area contributed by atoms with Gasteiger partial charge in [0.05, 0.1) is 12.5 Å². The van der Waals surface area contributed by atoms with Crippen molar-refractivity contribution in [2.75, 3.05) is 0 Å². The molecule has 1 saturated carbocycles. The molecule has 0 saturated heterocycles. The maximum atomic E-state index is 13.9. The Bertz CT molecular complexity index is 1120. The van der Waals surface area contributed by atoms with Gasteiger partial charge >= 0.3 is 12.1 Å². The highest BCUT2D eigenvalue weighted by atomic mass is 19.4. The number of carboxylic acid groups (broad SMARTS) is 1. The Kier molecular flexibility index (Phi) is 6.58. The van der Waals surface area contributed by atoms with E-state index in [0.717, 1.165) is 35.0 Å². The van der Waals surface area contributed by atoms with Gasteiger partial charge in [0.1, 0.15) is 17.4 Å². The van der Waals surface area contributed by atoms with Crippen LogP contribution in [0.15, 0.2) is 36.9 Å². The van der Waals surface area contributed by atoms with Crippen LogP contribution in [0.5, 0.6) is 11.5 Å². The molecular weight excluding hydrogens is 434 g/mol. The second-order valence-corrected chi connectivity index (χ2v) is 7.37. The molecular formula is C21H21F4N3O4. The summed E-state index contributed by atoms with van der Waals surface area (Å²) in [6, 6.07) is 4.96. The van der Waals surface area contributed by atoms with E-state index in [4.69, 9.17) is 20.4 Å². The molecule has 2 aromatic heterocycles. The predicted molar refractivity (Wildman–Crippen MR) is 107 cm³/mol. The smallest absolute Gasteiger partial charge is 0.490 e. The highest BCUT2D eigenvalue weighted by Gasteiger charge is 2.38. The van der Waals surface area contributed by atoms with Gasteiger partial charge in [0, 0.05) is 17.8 Å². The van der Waals surface area contributed by atoms with Crippen molar-refractivity contribution in [2.45, 2.75) is 44.5 Å². The Morgan fingerprint density at radius 3 is 2.53 bits per heavy atom. The van der Waals surface area contributed by atoms with Gasteiger partial charge in [-0.2, -0.15) is 13.2 Å².